The van der Waals surface area contributed by atoms with Crippen molar-refractivity contribution in [2.24, 2.45) is 23.7 Å². The molecule has 154 valence electrons. The Balaban J connectivity index is 1.75. The van der Waals surface area contributed by atoms with Crippen molar-refractivity contribution in [2.75, 3.05) is 0 Å². The lowest BCUT2D eigenvalue weighted by Crippen LogP contribution is -2.48. The molecule has 2 heteroatoms. The third-order valence-corrected chi connectivity index (χ3v) is 6.39. The van der Waals surface area contributed by atoms with Crippen LogP contribution in [0, 0.1) is 23.7 Å². The number of hydrogen-bond donors (Lipinski definition) is 2. The van der Waals surface area contributed by atoms with Gasteiger partial charge in [-0.15, -0.1) is 0 Å². The molecule has 0 amide bonds. The molecule has 0 radical (unpaired) electrons. The first-order valence-electron chi connectivity index (χ1n) is 11.7. The molecule has 3 atom stereocenters. The van der Waals surface area contributed by atoms with Crippen molar-refractivity contribution in [1.82, 2.24) is 10.6 Å². The van der Waals surface area contributed by atoms with Gasteiger partial charge in [-0.25, -0.2) is 0 Å². The molecule has 0 aromatic carbocycles. The molecule has 0 saturated heterocycles. The van der Waals surface area contributed by atoms with Gasteiger partial charge in [0.15, 0.2) is 0 Å². The van der Waals surface area contributed by atoms with Gasteiger partial charge in [-0.1, -0.05) is 34.6 Å². The Bertz CT molecular complexity index is 393. The number of nitrogens with one attached hydrogen (secondary N) is 2. The molecule has 2 fully saturated rings. The predicted octanol–water partition coefficient (Wildman–Crippen LogP) is 6.15. The lowest BCUT2D eigenvalue weighted by Gasteiger charge is -2.35. The minimum atomic E-state index is 0.268. The first kappa shape index (κ1) is 22.2. The summed E-state index contributed by atoms with van der Waals surface area (Å²) in [6.07, 6.45) is 12.6. The van der Waals surface area contributed by atoms with Crippen molar-refractivity contribution in [2.45, 2.75) is 130 Å². The first-order chi connectivity index (χ1) is 12.2. The Morgan fingerprint density at radius 3 is 1.81 bits per heavy atom. The molecule has 0 spiro atoms. The highest BCUT2D eigenvalue weighted by atomic mass is 15.0. The molecule has 2 N–H and O–H groups in total. The van der Waals surface area contributed by atoms with Gasteiger partial charge in [0.05, 0.1) is 0 Å². The van der Waals surface area contributed by atoms with Crippen LogP contribution in [0.3, 0.4) is 0 Å². The second-order valence-electron chi connectivity index (χ2n) is 11.1. The quantitative estimate of drug-likeness (QED) is 0.386. The molecule has 26 heavy (non-hydrogen) atoms. The van der Waals surface area contributed by atoms with Crippen LogP contribution in [0.1, 0.15) is 106 Å². The Hall–Kier alpha value is -0.0800. The van der Waals surface area contributed by atoms with Crippen molar-refractivity contribution in [3.05, 3.63) is 0 Å². The van der Waals surface area contributed by atoms with Gasteiger partial charge in [-0.05, 0) is 95.3 Å². The zero-order chi connectivity index (χ0) is 19.3. The molecule has 2 aliphatic rings. The fourth-order valence-electron chi connectivity index (χ4n) is 4.82. The van der Waals surface area contributed by atoms with Crippen LogP contribution in [-0.4, -0.2) is 23.7 Å². The largest absolute Gasteiger partial charge is 0.312 e. The Morgan fingerprint density at radius 1 is 0.769 bits per heavy atom. The molecule has 0 heterocycles. The predicted molar refractivity (Wildman–Crippen MR) is 116 cm³/mol. The second kappa shape index (κ2) is 9.92. The molecular weight excluding hydrogens is 316 g/mol. The van der Waals surface area contributed by atoms with Crippen molar-refractivity contribution in [1.29, 1.82) is 0 Å². The van der Waals surface area contributed by atoms with Gasteiger partial charge < -0.3 is 10.6 Å². The van der Waals surface area contributed by atoms with E-state index >= 15 is 0 Å². The highest BCUT2D eigenvalue weighted by molar-refractivity contribution is 4.93. The van der Waals surface area contributed by atoms with Crippen LogP contribution in [0.5, 0.6) is 0 Å². The van der Waals surface area contributed by atoms with Gasteiger partial charge in [-0.3, -0.25) is 0 Å². The van der Waals surface area contributed by atoms with E-state index in [4.69, 9.17) is 0 Å². The van der Waals surface area contributed by atoms with E-state index in [1.165, 1.54) is 57.8 Å². The van der Waals surface area contributed by atoms with Gasteiger partial charge in [0.1, 0.15) is 0 Å². The molecule has 0 aromatic rings. The van der Waals surface area contributed by atoms with E-state index < -0.39 is 0 Å². The van der Waals surface area contributed by atoms with Crippen LogP contribution in [0.2, 0.25) is 0 Å². The van der Waals surface area contributed by atoms with E-state index in [0.717, 1.165) is 35.8 Å². The summed E-state index contributed by atoms with van der Waals surface area (Å²) in [6, 6.07) is 2.13. The topological polar surface area (TPSA) is 24.1 Å². The fourth-order valence-corrected chi connectivity index (χ4v) is 4.82. The van der Waals surface area contributed by atoms with Crippen LogP contribution in [0.25, 0.3) is 0 Å². The average Bonchev–Trinajstić information content (AvgIpc) is 3.37. The van der Waals surface area contributed by atoms with Crippen LogP contribution < -0.4 is 10.6 Å². The van der Waals surface area contributed by atoms with Gasteiger partial charge in [-0.2, -0.15) is 0 Å². The molecule has 0 aromatic heterocycles. The SMILES string of the molecule is CC(C)CCC(NC(C)(C)CC(C)CC[C@@H](NC(C)C)C1CC1)C1CC1. The second-order valence-corrected chi connectivity index (χ2v) is 11.1. The molecular formula is C24H48N2. The smallest absolute Gasteiger partial charge is 0.0130 e. The summed E-state index contributed by atoms with van der Waals surface area (Å²) in [5, 5.41) is 7.91. The lowest BCUT2D eigenvalue weighted by atomic mass is 9.86. The van der Waals surface area contributed by atoms with E-state index in [0.29, 0.717) is 6.04 Å². The summed E-state index contributed by atoms with van der Waals surface area (Å²) in [5.74, 6) is 3.55. The standard InChI is InChI=1S/C24H48N2/c1-17(2)8-14-23(21-12-13-21)26-24(6,7)16-19(5)9-15-22(20-10-11-20)25-18(3)4/h17-23,25-26H,8-16H2,1-7H3/t19?,22-,23?/m1/s1. The van der Waals surface area contributed by atoms with Crippen molar-refractivity contribution < 1.29 is 0 Å². The molecule has 2 rings (SSSR count). The van der Waals surface area contributed by atoms with E-state index in [9.17, 15) is 0 Å². The van der Waals surface area contributed by atoms with Crippen molar-refractivity contribution in [3.63, 3.8) is 0 Å². The van der Waals surface area contributed by atoms with Crippen LogP contribution >= 0.6 is 0 Å². The molecule has 0 aliphatic heterocycles. The summed E-state index contributed by atoms with van der Waals surface area (Å²) in [4.78, 5) is 0. The van der Waals surface area contributed by atoms with E-state index in [2.05, 4.69) is 59.1 Å². The molecule has 2 aliphatic carbocycles. The molecule has 0 bridgehead atoms. The third kappa shape index (κ3) is 8.74. The Morgan fingerprint density at radius 2 is 1.31 bits per heavy atom. The minimum Gasteiger partial charge on any atom is -0.312 e. The third-order valence-electron chi connectivity index (χ3n) is 6.39. The summed E-state index contributed by atoms with van der Waals surface area (Å²) < 4.78 is 0. The molecule has 2 unspecified atom stereocenters. The highest BCUT2D eigenvalue weighted by Crippen LogP contribution is 2.38. The van der Waals surface area contributed by atoms with Gasteiger partial charge in [0.25, 0.3) is 0 Å². The summed E-state index contributed by atoms with van der Waals surface area (Å²) >= 11 is 0. The average molecular weight is 365 g/mol. The summed E-state index contributed by atoms with van der Waals surface area (Å²) in [5.41, 5.74) is 0.268. The van der Waals surface area contributed by atoms with Gasteiger partial charge in [0, 0.05) is 23.7 Å². The number of rotatable bonds is 14. The van der Waals surface area contributed by atoms with Crippen molar-refractivity contribution >= 4 is 0 Å². The zero-order valence-corrected chi connectivity index (χ0v) is 18.9. The van der Waals surface area contributed by atoms with E-state index in [1.807, 2.05) is 0 Å². The van der Waals surface area contributed by atoms with Crippen LogP contribution in [-0.2, 0) is 0 Å². The molecule has 2 nitrogen and oxygen atoms in total. The maximum atomic E-state index is 4.08. The maximum absolute atomic E-state index is 4.08. The van der Waals surface area contributed by atoms with Crippen molar-refractivity contribution in [3.8, 4) is 0 Å². The Labute approximate surface area is 164 Å². The Kier molecular flexibility index (Phi) is 8.47. The van der Waals surface area contributed by atoms with Crippen LogP contribution in [0.15, 0.2) is 0 Å². The van der Waals surface area contributed by atoms with Gasteiger partial charge in [0.2, 0.25) is 0 Å². The zero-order valence-electron chi connectivity index (χ0n) is 18.9. The van der Waals surface area contributed by atoms with E-state index in [1.54, 1.807) is 0 Å². The van der Waals surface area contributed by atoms with E-state index in [-0.39, 0.29) is 5.54 Å². The number of hydrogen-bond acceptors (Lipinski definition) is 2. The monoisotopic (exact) mass is 364 g/mol. The lowest BCUT2D eigenvalue weighted by molar-refractivity contribution is 0.236. The summed E-state index contributed by atoms with van der Waals surface area (Å²) in [6.45, 7) is 16.7. The van der Waals surface area contributed by atoms with Gasteiger partial charge >= 0.3 is 0 Å². The highest BCUT2D eigenvalue weighted by Gasteiger charge is 2.35. The summed E-state index contributed by atoms with van der Waals surface area (Å²) in [7, 11) is 0. The minimum absolute atomic E-state index is 0.268. The van der Waals surface area contributed by atoms with Crippen LogP contribution in [0.4, 0.5) is 0 Å². The molecule has 2 saturated carbocycles. The fraction of sp³-hybridized carbons (Fsp3) is 1.00. The normalized spacial score (nSPS) is 22.0. The maximum Gasteiger partial charge on any atom is 0.0130 e. The first-order valence-corrected chi connectivity index (χ1v) is 11.7.